The van der Waals surface area contributed by atoms with Gasteiger partial charge in [0.05, 0.1) is 39.2 Å². The maximum atomic E-state index is 12.9. The molecule has 132 valence electrons. The highest BCUT2D eigenvalue weighted by molar-refractivity contribution is 5.94. The number of ether oxygens (including phenoxy) is 3. The summed E-state index contributed by atoms with van der Waals surface area (Å²) in [5.74, 6) is 0.431. The lowest BCUT2D eigenvalue weighted by Crippen LogP contribution is -2.40. The summed E-state index contributed by atoms with van der Waals surface area (Å²) in [7, 11) is 4.32. The number of Topliss-reactive ketones (excluding diaryl/α,β-unsaturated/α-hetero) is 1. The average molecular weight is 343 g/mol. The Hall–Kier alpha value is -2.81. The van der Waals surface area contributed by atoms with E-state index in [1.54, 1.807) is 12.1 Å². The van der Waals surface area contributed by atoms with Gasteiger partial charge in [-0.3, -0.25) is 4.79 Å². The van der Waals surface area contributed by atoms with Crippen LogP contribution in [0.2, 0.25) is 0 Å². The number of carbonyl (C=O) groups is 2. The summed E-state index contributed by atoms with van der Waals surface area (Å²) in [5.41, 5.74) is 0.577. The first-order chi connectivity index (χ1) is 12.0. The molecule has 0 aliphatic heterocycles. The lowest BCUT2D eigenvalue weighted by atomic mass is 9.65. The second kappa shape index (κ2) is 7.84. The first-order valence-electron chi connectivity index (χ1n) is 7.93. The monoisotopic (exact) mass is 343 g/mol. The smallest absolute Gasteiger partial charge is 0.330 e. The molecule has 1 atom stereocenters. The number of aryl methyl sites for hydroxylation is 1. The Bertz CT molecular complexity index is 747. The Kier molecular flexibility index (Phi) is 5.81. The number of carbonyl (C=O) groups excluding carboxylic acids is 2. The minimum Gasteiger partial charge on any atom is -0.493 e. The Morgan fingerprint density at radius 3 is 2.64 bits per heavy atom. The van der Waals surface area contributed by atoms with Crippen LogP contribution in [0.1, 0.15) is 30.4 Å². The molecule has 0 fully saturated rings. The zero-order chi connectivity index (χ0) is 18.4. The zero-order valence-electron chi connectivity index (χ0n) is 14.6. The molecule has 25 heavy (non-hydrogen) atoms. The van der Waals surface area contributed by atoms with E-state index in [-0.39, 0.29) is 18.6 Å². The van der Waals surface area contributed by atoms with Gasteiger partial charge in [0.25, 0.3) is 0 Å². The standard InChI is InChI=1S/C19H21NO5/c1-23-14-8-6-13-7-9-15(21)19(11-12-20,17(13)18(14)25-3)10-4-5-16(22)24-2/h4-6,8H,7,9-11H2,1-3H3/b5-4+/t19-/m1/s1. The third kappa shape index (κ3) is 3.36. The molecule has 1 aliphatic rings. The van der Waals surface area contributed by atoms with Crippen molar-refractivity contribution in [2.75, 3.05) is 21.3 Å². The minimum atomic E-state index is -1.06. The molecule has 6 heteroatoms. The largest absolute Gasteiger partial charge is 0.493 e. The maximum Gasteiger partial charge on any atom is 0.330 e. The molecule has 1 aliphatic carbocycles. The van der Waals surface area contributed by atoms with Crippen LogP contribution in [0.3, 0.4) is 0 Å². The molecule has 0 unspecified atom stereocenters. The van der Waals surface area contributed by atoms with E-state index in [1.165, 1.54) is 27.4 Å². The number of rotatable bonds is 6. The molecule has 0 amide bonds. The topological polar surface area (TPSA) is 85.6 Å². The molecule has 0 spiro atoms. The van der Waals surface area contributed by atoms with Crippen molar-refractivity contribution >= 4 is 11.8 Å². The molecular weight excluding hydrogens is 322 g/mol. The second-order valence-electron chi connectivity index (χ2n) is 5.81. The normalized spacial score (nSPS) is 19.2. The van der Waals surface area contributed by atoms with Crippen LogP contribution in [0.15, 0.2) is 24.3 Å². The first-order valence-corrected chi connectivity index (χ1v) is 7.93. The minimum absolute atomic E-state index is 0.00608. The van der Waals surface area contributed by atoms with E-state index in [4.69, 9.17) is 9.47 Å². The summed E-state index contributed by atoms with van der Waals surface area (Å²) in [6, 6.07) is 5.83. The van der Waals surface area contributed by atoms with Gasteiger partial charge in [-0.15, -0.1) is 0 Å². The molecule has 1 aromatic carbocycles. The third-order valence-corrected chi connectivity index (χ3v) is 4.57. The molecular formula is C19H21NO5. The molecule has 0 bridgehead atoms. The zero-order valence-corrected chi connectivity index (χ0v) is 14.6. The van der Waals surface area contributed by atoms with Crippen molar-refractivity contribution in [2.45, 2.75) is 31.1 Å². The number of benzene rings is 1. The molecule has 0 saturated carbocycles. The van der Waals surface area contributed by atoms with E-state index < -0.39 is 11.4 Å². The number of ketones is 1. The van der Waals surface area contributed by atoms with Crippen LogP contribution < -0.4 is 9.47 Å². The molecule has 0 heterocycles. The Morgan fingerprint density at radius 1 is 1.28 bits per heavy atom. The molecule has 0 saturated heterocycles. The van der Waals surface area contributed by atoms with Crippen LogP contribution in [0.4, 0.5) is 0 Å². The van der Waals surface area contributed by atoms with E-state index in [1.807, 2.05) is 6.07 Å². The van der Waals surface area contributed by atoms with Crippen molar-refractivity contribution in [3.63, 3.8) is 0 Å². The van der Waals surface area contributed by atoms with E-state index in [0.29, 0.717) is 29.9 Å². The maximum absolute atomic E-state index is 12.9. The van der Waals surface area contributed by atoms with Gasteiger partial charge in [0.2, 0.25) is 0 Å². The molecule has 0 aromatic heterocycles. The van der Waals surface area contributed by atoms with Crippen molar-refractivity contribution < 1.29 is 23.8 Å². The third-order valence-electron chi connectivity index (χ3n) is 4.57. The van der Waals surface area contributed by atoms with Gasteiger partial charge >= 0.3 is 5.97 Å². The van der Waals surface area contributed by atoms with Gasteiger partial charge in [-0.25, -0.2) is 4.79 Å². The van der Waals surface area contributed by atoms with Gasteiger partial charge in [-0.05, 0) is 24.5 Å². The first kappa shape index (κ1) is 18.5. The number of hydrogen-bond donors (Lipinski definition) is 0. The SMILES string of the molecule is COC(=O)/C=C/C[C@@]1(CC#N)C(=O)CCc2ccc(OC)c(OC)c21. The number of methoxy groups -OCH3 is 3. The van der Waals surface area contributed by atoms with Gasteiger partial charge < -0.3 is 14.2 Å². The van der Waals surface area contributed by atoms with Crippen molar-refractivity contribution in [3.8, 4) is 17.6 Å². The number of esters is 1. The summed E-state index contributed by atoms with van der Waals surface area (Å²) in [4.78, 5) is 24.2. The fraction of sp³-hybridized carbons (Fsp3) is 0.421. The Balaban J connectivity index is 2.64. The number of allylic oxidation sites excluding steroid dienone is 1. The predicted octanol–water partition coefficient (Wildman–Crippen LogP) is 2.49. The summed E-state index contributed by atoms with van der Waals surface area (Å²) in [6.07, 6.45) is 3.99. The second-order valence-corrected chi connectivity index (χ2v) is 5.81. The lowest BCUT2D eigenvalue weighted by molar-refractivity contribution is -0.135. The summed E-state index contributed by atoms with van der Waals surface area (Å²) < 4.78 is 15.5. The molecule has 1 aromatic rings. The Morgan fingerprint density at radius 2 is 2.04 bits per heavy atom. The van der Waals surface area contributed by atoms with Crippen LogP contribution in [-0.2, 0) is 26.2 Å². The molecule has 2 rings (SSSR count). The predicted molar refractivity (Wildman–Crippen MR) is 90.6 cm³/mol. The van der Waals surface area contributed by atoms with Crippen LogP contribution >= 0.6 is 0 Å². The van der Waals surface area contributed by atoms with Crippen molar-refractivity contribution in [1.29, 1.82) is 5.26 Å². The van der Waals surface area contributed by atoms with Gasteiger partial charge in [0.15, 0.2) is 11.5 Å². The van der Waals surface area contributed by atoms with Crippen molar-refractivity contribution in [1.82, 2.24) is 0 Å². The van der Waals surface area contributed by atoms with E-state index in [9.17, 15) is 14.9 Å². The fourth-order valence-electron chi connectivity index (χ4n) is 3.36. The van der Waals surface area contributed by atoms with Crippen LogP contribution in [-0.4, -0.2) is 33.1 Å². The highest BCUT2D eigenvalue weighted by atomic mass is 16.5. The Labute approximate surface area is 147 Å². The van der Waals surface area contributed by atoms with Crippen LogP contribution in [0.25, 0.3) is 0 Å². The van der Waals surface area contributed by atoms with Gasteiger partial charge in [-0.1, -0.05) is 12.1 Å². The number of nitriles is 1. The summed E-state index contributed by atoms with van der Waals surface area (Å²) in [5, 5.41) is 9.38. The summed E-state index contributed by atoms with van der Waals surface area (Å²) in [6.45, 7) is 0. The van der Waals surface area contributed by atoms with E-state index in [0.717, 1.165) is 5.56 Å². The number of nitrogens with zero attached hydrogens (tertiary/aromatic N) is 1. The average Bonchev–Trinajstić information content (AvgIpc) is 2.63. The number of hydrogen-bond acceptors (Lipinski definition) is 6. The van der Waals surface area contributed by atoms with Gasteiger partial charge in [0, 0.05) is 18.1 Å². The van der Waals surface area contributed by atoms with E-state index >= 15 is 0 Å². The van der Waals surface area contributed by atoms with Gasteiger partial charge in [-0.2, -0.15) is 5.26 Å². The van der Waals surface area contributed by atoms with Crippen LogP contribution in [0.5, 0.6) is 11.5 Å². The van der Waals surface area contributed by atoms with E-state index in [2.05, 4.69) is 10.8 Å². The quantitative estimate of drug-likeness (QED) is 0.583. The number of fused-ring (bicyclic) bond motifs is 1. The molecule has 0 radical (unpaired) electrons. The lowest BCUT2D eigenvalue weighted by Gasteiger charge is -2.37. The van der Waals surface area contributed by atoms with Crippen molar-refractivity contribution in [2.24, 2.45) is 0 Å². The van der Waals surface area contributed by atoms with Gasteiger partial charge in [0.1, 0.15) is 5.78 Å². The van der Waals surface area contributed by atoms with Crippen molar-refractivity contribution in [3.05, 3.63) is 35.4 Å². The highest BCUT2D eigenvalue weighted by Crippen LogP contribution is 2.48. The summed E-state index contributed by atoms with van der Waals surface area (Å²) >= 11 is 0. The van der Waals surface area contributed by atoms with Crippen LogP contribution in [0, 0.1) is 11.3 Å². The molecule has 6 nitrogen and oxygen atoms in total. The fourth-order valence-corrected chi connectivity index (χ4v) is 3.36. The highest BCUT2D eigenvalue weighted by Gasteiger charge is 2.45. The molecule has 0 N–H and O–H groups in total.